The molecule has 0 aliphatic carbocycles. The second kappa shape index (κ2) is 5.22. The first kappa shape index (κ1) is 12.1. The number of methoxy groups -OCH3 is 1. The Morgan fingerprint density at radius 2 is 2.25 bits per heavy atom. The highest BCUT2D eigenvalue weighted by atomic mass is 16.6. The van der Waals surface area contributed by atoms with Gasteiger partial charge >= 0.3 is 5.97 Å². The molecule has 6 nitrogen and oxygen atoms in total. The van der Waals surface area contributed by atoms with Gasteiger partial charge in [0.05, 0.1) is 25.1 Å². The fourth-order valence-corrected chi connectivity index (χ4v) is 1.25. The van der Waals surface area contributed by atoms with E-state index in [2.05, 4.69) is 4.74 Å². The molecule has 0 saturated heterocycles. The summed E-state index contributed by atoms with van der Waals surface area (Å²) in [4.78, 5) is 21.2. The summed E-state index contributed by atoms with van der Waals surface area (Å²) >= 11 is 0. The molecule has 0 aliphatic rings. The maximum atomic E-state index is 11.0. The number of hydrogen-bond acceptors (Lipinski definition) is 5. The largest absolute Gasteiger partial charge is 0.469 e. The zero-order chi connectivity index (χ0) is 12.1. The summed E-state index contributed by atoms with van der Waals surface area (Å²) < 4.78 is 4.43. The zero-order valence-electron chi connectivity index (χ0n) is 8.67. The minimum atomic E-state index is -0.586. The Labute approximate surface area is 91.6 Å². The highest BCUT2D eigenvalue weighted by Gasteiger charge is 2.17. The van der Waals surface area contributed by atoms with Crippen LogP contribution < -0.4 is 0 Å². The van der Waals surface area contributed by atoms with Crippen LogP contribution in [-0.4, -0.2) is 23.1 Å². The summed E-state index contributed by atoms with van der Waals surface area (Å²) in [6.07, 6.45) is -0.154. The van der Waals surface area contributed by atoms with Crippen LogP contribution >= 0.6 is 0 Å². The van der Waals surface area contributed by atoms with Crippen molar-refractivity contribution >= 4 is 11.7 Å². The van der Waals surface area contributed by atoms with Gasteiger partial charge in [0.1, 0.15) is 0 Å². The van der Waals surface area contributed by atoms with Gasteiger partial charge in [-0.3, -0.25) is 14.9 Å². The van der Waals surface area contributed by atoms with Gasteiger partial charge < -0.3 is 9.84 Å². The van der Waals surface area contributed by atoms with Crippen LogP contribution in [0.5, 0.6) is 0 Å². The molecule has 86 valence electrons. The van der Waals surface area contributed by atoms with Crippen LogP contribution in [0.2, 0.25) is 0 Å². The standard InChI is InChI=1S/C10H11NO5/c1-16-10(13)5-8-3-2-7(6-12)4-9(8)11(14)15/h2-4,12H,5-6H2,1H3. The lowest BCUT2D eigenvalue weighted by Crippen LogP contribution is -2.07. The van der Waals surface area contributed by atoms with Gasteiger partial charge in [-0.05, 0) is 5.56 Å². The molecule has 0 bridgehead atoms. The monoisotopic (exact) mass is 225 g/mol. The van der Waals surface area contributed by atoms with Gasteiger partial charge in [0.2, 0.25) is 0 Å². The van der Waals surface area contributed by atoms with E-state index in [4.69, 9.17) is 5.11 Å². The molecule has 1 aromatic rings. The second-order valence-corrected chi connectivity index (χ2v) is 3.13. The van der Waals surface area contributed by atoms with Gasteiger partial charge in [-0.2, -0.15) is 0 Å². The van der Waals surface area contributed by atoms with Crippen LogP contribution in [0.4, 0.5) is 5.69 Å². The van der Waals surface area contributed by atoms with Crippen molar-refractivity contribution in [3.8, 4) is 0 Å². The number of nitro groups is 1. The Morgan fingerprint density at radius 3 is 2.75 bits per heavy atom. The van der Waals surface area contributed by atoms with Crippen LogP contribution in [0.3, 0.4) is 0 Å². The molecular formula is C10H11NO5. The van der Waals surface area contributed by atoms with Crippen LogP contribution in [0.15, 0.2) is 18.2 Å². The third-order valence-corrected chi connectivity index (χ3v) is 2.09. The molecule has 0 radical (unpaired) electrons. The van der Waals surface area contributed by atoms with E-state index in [-0.39, 0.29) is 24.3 Å². The summed E-state index contributed by atoms with van der Waals surface area (Å²) in [5.41, 5.74) is 0.520. The normalized spacial score (nSPS) is 9.88. The third kappa shape index (κ3) is 2.77. The number of carbonyl (C=O) groups is 1. The average Bonchev–Trinajstić information content (AvgIpc) is 2.29. The van der Waals surface area contributed by atoms with E-state index in [1.54, 1.807) is 0 Å². The summed E-state index contributed by atoms with van der Waals surface area (Å²) in [6.45, 7) is -0.278. The molecule has 0 spiro atoms. The number of ether oxygens (including phenoxy) is 1. The molecule has 1 N–H and O–H groups in total. The molecule has 16 heavy (non-hydrogen) atoms. The highest BCUT2D eigenvalue weighted by molar-refractivity contribution is 5.74. The van der Waals surface area contributed by atoms with E-state index in [0.717, 1.165) is 0 Å². The quantitative estimate of drug-likeness (QED) is 0.465. The number of benzene rings is 1. The smallest absolute Gasteiger partial charge is 0.310 e. The molecule has 1 aromatic carbocycles. The van der Waals surface area contributed by atoms with Crippen LogP contribution in [-0.2, 0) is 22.6 Å². The molecule has 0 saturated carbocycles. The third-order valence-electron chi connectivity index (χ3n) is 2.09. The Bertz CT molecular complexity index is 416. The number of rotatable bonds is 4. The minimum absolute atomic E-state index is 0.154. The van der Waals surface area contributed by atoms with Crippen molar-refractivity contribution in [2.45, 2.75) is 13.0 Å². The lowest BCUT2D eigenvalue weighted by Gasteiger charge is -2.03. The van der Waals surface area contributed by atoms with Crippen molar-refractivity contribution in [2.24, 2.45) is 0 Å². The van der Waals surface area contributed by atoms with Crippen molar-refractivity contribution in [1.82, 2.24) is 0 Å². The van der Waals surface area contributed by atoms with Gasteiger partial charge in [0.15, 0.2) is 0 Å². The number of carbonyl (C=O) groups excluding carboxylic acids is 1. The molecule has 1 rings (SSSR count). The van der Waals surface area contributed by atoms with Gasteiger partial charge in [-0.1, -0.05) is 12.1 Å². The number of aliphatic hydroxyl groups excluding tert-OH is 1. The number of esters is 1. The van der Waals surface area contributed by atoms with E-state index in [1.165, 1.54) is 25.3 Å². The molecule has 0 amide bonds. The Morgan fingerprint density at radius 1 is 1.56 bits per heavy atom. The zero-order valence-corrected chi connectivity index (χ0v) is 8.67. The average molecular weight is 225 g/mol. The van der Waals surface area contributed by atoms with E-state index in [9.17, 15) is 14.9 Å². The predicted octanol–water partition coefficient (Wildman–Crippen LogP) is 0.803. The number of aliphatic hydroxyl groups is 1. The SMILES string of the molecule is COC(=O)Cc1ccc(CO)cc1[N+](=O)[O-]. The first-order chi connectivity index (χ1) is 7.58. The number of nitro benzene ring substituents is 1. The Balaban J connectivity index is 3.08. The van der Waals surface area contributed by atoms with E-state index >= 15 is 0 Å². The van der Waals surface area contributed by atoms with Crippen LogP contribution in [0.25, 0.3) is 0 Å². The van der Waals surface area contributed by atoms with E-state index in [0.29, 0.717) is 5.56 Å². The summed E-state index contributed by atoms with van der Waals surface area (Å²) in [5.74, 6) is -0.542. The molecule has 0 unspecified atom stereocenters. The maximum absolute atomic E-state index is 11.0. The van der Waals surface area contributed by atoms with Gasteiger partial charge in [-0.25, -0.2) is 0 Å². The first-order valence-corrected chi connectivity index (χ1v) is 4.52. The van der Waals surface area contributed by atoms with Gasteiger partial charge in [-0.15, -0.1) is 0 Å². The van der Waals surface area contributed by atoms with E-state index < -0.39 is 10.9 Å². The fraction of sp³-hybridized carbons (Fsp3) is 0.300. The summed E-state index contributed by atoms with van der Waals surface area (Å²) in [5, 5.41) is 19.6. The Kier molecular flexibility index (Phi) is 3.96. The van der Waals surface area contributed by atoms with Crippen LogP contribution in [0, 0.1) is 10.1 Å². The molecule has 0 heterocycles. The molecule has 0 fully saturated rings. The molecule has 0 aromatic heterocycles. The van der Waals surface area contributed by atoms with Gasteiger partial charge in [0.25, 0.3) is 5.69 Å². The highest BCUT2D eigenvalue weighted by Crippen LogP contribution is 2.21. The van der Waals surface area contributed by atoms with Crippen molar-refractivity contribution in [1.29, 1.82) is 0 Å². The topological polar surface area (TPSA) is 89.7 Å². The molecule has 0 atom stereocenters. The lowest BCUT2D eigenvalue weighted by molar-refractivity contribution is -0.385. The van der Waals surface area contributed by atoms with Crippen LogP contribution in [0.1, 0.15) is 11.1 Å². The second-order valence-electron chi connectivity index (χ2n) is 3.13. The Hall–Kier alpha value is -1.95. The van der Waals surface area contributed by atoms with Crippen molar-refractivity contribution in [3.63, 3.8) is 0 Å². The number of hydrogen-bond donors (Lipinski definition) is 1. The van der Waals surface area contributed by atoms with E-state index in [1.807, 2.05) is 0 Å². The van der Waals surface area contributed by atoms with Gasteiger partial charge in [0, 0.05) is 11.6 Å². The molecule has 0 aliphatic heterocycles. The lowest BCUT2D eigenvalue weighted by atomic mass is 10.1. The molecular weight excluding hydrogens is 214 g/mol. The fourth-order valence-electron chi connectivity index (χ4n) is 1.25. The van der Waals surface area contributed by atoms with Crippen molar-refractivity contribution in [3.05, 3.63) is 39.4 Å². The summed E-state index contributed by atoms with van der Waals surface area (Å²) in [7, 11) is 1.22. The predicted molar refractivity (Wildman–Crippen MR) is 54.7 cm³/mol. The first-order valence-electron chi connectivity index (χ1n) is 4.52. The minimum Gasteiger partial charge on any atom is -0.469 e. The van der Waals surface area contributed by atoms with Crippen molar-refractivity contribution in [2.75, 3.05) is 7.11 Å². The molecule has 6 heteroatoms. The van der Waals surface area contributed by atoms with Crippen molar-refractivity contribution < 1.29 is 19.6 Å². The maximum Gasteiger partial charge on any atom is 0.310 e. The summed E-state index contributed by atoms with van der Waals surface area (Å²) in [6, 6.07) is 4.23. The number of nitrogens with zero attached hydrogens (tertiary/aromatic N) is 1.